The molecule has 0 aliphatic carbocycles. The van der Waals surface area contributed by atoms with Crippen molar-refractivity contribution >= 4 is 11.8 Å². The van der Waals surface area contributed by atoms with Gasteiger partial charge in [-0.05, 0) is 47.9 Å². The van der Waals surface area contributed by atoms with Crippen LogP contribution in [0.1, 0.15) is 22.8 Å². The Kier molecular flexibility index (Phi) is 6.50. The van der Waals surface area contributed by atoms with Crippen LogP contribution in [0.2, 0.25) is 0 Å². The number of benzene rings is 2. The fourth-order valence-corrected chi connectivity index (χ4v) is 4.03. The van der Waals surface area contributed by atoms with E-state index in [1.165, 1.54) is 0 Å². The van der Waals surface area contributed by atoms with Gasteiger partial charge in [-0.3, -0.25) is 14.6 Å². The number of nitrogens with zero attached hydrogens (tertiary/aromatic N) is 3. The molecule has 1 fully saturated rings. The average Bonchev–Trinajstić information content (AvgIpc) is 2.83. The highest BCUT2D eigenvalue weighted by Gasteiger charge is 2.37. The second-order valence-electron chi connectivity index (χ2n) is 7.84. The Morgan fingerprint density at radius 1 is 1.00 bits per heavy atom. The van der Waals surface area contributed by atoms with Gasteiger partial charge in [0.15, 0.2) is 0 Å². The van der Waals surface area contributed by atoms with E-state index >= 15 is 0 Å². The Morgan fingerprint density at radius 3 is 2.41 bits per heavy atom. The topological polar surface area (TPSA) is 62.7 Å². The lowest BCUT2D eigenvalue weighted by Gasteiger charge is -2.39. The van der Waals surface area contributed by atoms with Gasteiger partial charge in [0.25, 0.3) is 5.91 Å². The number of carbonyl (C=O) groups excluding carboxylic acids is 2. The SMILES string of the molecule is CCOc1ccccc1C(=O)N1CCN(C)C(=O)[C@H]1Cc1ccc(-c2ccncc2)cc1. The number of likely N-dealkylation sites (N-methyl/N-ethyl adjacent to an activating group) is 1. The van der Waals surface area contributed by atoms with E-state index in [4.69, 9.17) is 4.74 Å². The van der Waals surface area contributed by atoms with Gasteiger partial charge in [0.1, 0.15) is 11.8 Å². The van der Waals surface area contributed by atoms with Crippen LogP contribution in [0.5, 0.6) is 5.75 Å². The minimum Gasteiger partial charge on any atom is -0.493 e. The van der Waals surface area contributed by atoms with Gasteiger partial charge in [-0.15, -0.1) is 0 Å². The third-order valence-electron chi connectivity index (χ3n) is 5.79. The number of hydrogen-bond donors (Lipinski definition) is 0. The number of amides is 2. The van der Waals surface area contributed by atoms with Crippen molar-refractivity contribution in [3.8, 4) is 16.9 Å². The summed E-state index contributed by atoms with van der Waals surface area (Å²) in [5.41, 5.74) is 3.67. The van der Waals surface area contributed by atoms with Crippen LogP contribution in [-0.4, -0.2) is 59.4 Å². The molecule has 32 heavy (non-hydrogen) atoms. The molecule has 0 unspecified atom stereocenters. The Balaban J connectivity index is 1.59. The zero-order valence-corrected chi connectivity index (χ0v) is 18.4. The summed E-state index contributed by atoms with van der Waals surface area (Å²) < 4.78 is 5.66. The van der Waals surface area contributed by atoms with Crippen molar-refractivity contribution in [3.63, 3.8) is 0 Å². The number of aromatic nitrogens is 1. The Hall–Kier alpha value is -3.67. The average molecular weight is 430 g/mol. The van der Waals surface area contributed by atoms with Gasteiger partial charge in [0.05, 0.1) is 12.2 Å². The molecule has 3 aromatic rings. The predicted octanol–water partition coefficient (Wildman–Crippen LogP) is 3.67. The maximum Gasteiger partial charge on any atom is 0.258 e. The van der Waals surface area contributed by atoms with Crippen LogP contribution in [-0.2, 0) is 11.2 Å². The van der Waals surface area contributed by atoms with Crippen LogP contribution >= 0.6 is 0 Å². The van der Waals surface area contributed by atoms with E-state index < -0.39 is 6.04 Å². The van der Waals surface area contributed by atoms with Gasteiger partial charge in [0, 0.05) is 39.0 Å². The van der Waals surface area contributed by atoms with Crippen molar-refractivity contribution in [2.24, 2.45) is 0 Å². The van der Waals surface area contributed by atoms with E-state index in [0.717, 1.165) is 16.7 Å². The molecule has 0 radical (unpaired) electrons. The number of hydrogen-bond acceptors (Lipinski definition) is 4. The summed E-state index contributed by atoms with van der Waals surface area (Å²) in [7, 11) is 1.79. The summed E-state index contributed by atoms with van der Waals surface area (Å²) in [6.07, 6.45) is 4.00. The van der Waals surface area contributed by atoms with Gasteiger partial charge < -0.3 is 14.5 Å². The van der Waals surface area contributed by atoms with E-state index in [1.807, 2.05) is 55.5 Å². The molecule has 6 heteroatoms. The molecular formula is C26H27N3O3. The molecule has 6 nitrogen and oxygen atoms in total. The zero-order chi connectivity index (χ0) is 22.5. The first-order chi connectivity index (χ1) is 15.6. The van der Waals surface area contributed by atoms with Crippen molar-refractivity contribution in [2.75, 3.05) is 26.7 Å². The van der Waals surface area contributed by atoms with E-state index in [2.05, 4.69) is 4.98 Å². The first kappa shape index (κ1) is 21.6. The van der Waals surface area contributed by atoms with E-state index in [1.54, 1.807) is 41.4 Å². The molecule has 1 aliphatic rings. The summed E-state index contributed by atoms with van der Waals surface area (Å²) in [4.78, 5) is 34.0. The number of ether oxygens (including phenoxy) is 1. The van der Waals surface area contributed by atoms with Crippen LogP contribution in [0.25, 0.3) is 11.1 Å². The summed E-state index contributed by atoms with van der Waals surface area (Å²) >= 11 is 0. The lowest BCUT2D eigenvalue weighted by molar-refractivity contribution is -0.138. The third-order valence-corrected chi connectivity index (χ3v) is 5.79. The molecule has 1 atom stereocenters. The minimum absolute atomic E-state index is 0.0447. The largest absolute Gasteiger partial charge is 0.493 e. The molecule has 2 heterocycles. The van der Waals surface area contributed by atoms with Gasteiger partial charge in [0.2, 0.25) is 5.91 Å². The summed E-state index contributed by atoms with van der Waals surface area (Å²) in [5, 5.41) is 0. The quantitative estimate of drug-likeness (QED) is 0.600. The van der Waals surface area contributed by atoms with E-state index in [9.17, 15) is 9.59 Å². The molecular weight excluding hydrogens is 402 g/mol. The summed E-state index contributed by atoms with van der Waals surface area (Å²) in [6.45, 7) is 3.36. The fraction of sp³-hybridized carbons (Fsp3) is 0.269. The van der Waals surface area contributed by atoms with Crippen LogP contribution in [0.4, 0.5) is 0 Å². The number of rotatable bonds is 6. The maximum atomic E-state index is 13.5. The molecule has 4 rings (SSSR count). The first-order valence-electron chi connectivity index (χ1n) is 10.9. The number of para-hydroxylation sites is 1. The molecule has 1 saturated heterocycles. The van der Waals surface area contributed by atoms with Crippen LogP contribution in [0, 0.1) is 0 Å². The zero-order valence-electron chi connectivity index (χ0n) is 18.4. The number of pyridine rings is 1. The normalized spacial score (nSPS) is 16.2. The van der Waals surface area contributed by atoms with E-state index in [-0.39, 0.29) is 11.8 Å². The van der Waals surface area contributed by atoms with Crippen molar-refractivity contribution in [1.29, 1.82) is 0 Å². The molecule has 0 bridgehead atoms. The molecule has 1 aromatic heterocycles. The summed E-state index contributed by atoms with van der Waals surface area (Å²) in [6, 6.07) is 18.7. The second-order valence-corrected chi connectivity index (χ2v) is 7.84. The second kappa shape index (κ2) is 9.64. The lowest BCUT2D eigenvalue weighted by Crippen LogP contribution is -2.58. The molecule has 0 saturated carbocycles. The smallest absolute Gasteiger partial charge is 0.258 e. The minimum atomic E-state index is -0.553. The van der Waals surface area contributed by atoms with Crippen molar-refractivity contribution in [1.82, 2.24) is 14.8 Å². The molecule has 2 aromatic carbocycles. The standard InChI is InChI=1S/C26H27N3O3/c1-3-32-24-7-5-4-6-22(24)25(30)29-17-16-28(2)26(31)23(29)18-19-8-10-20(11-9-19)21-12-14-27-15-13-21/h4-15,23H,3,16-18H2,1-2H3/t23-/m1/s1. The fourth-order valence-electron chi connectivity index (χ4n) is 4.03. The maximum absolute atomic E-state index is 13.5. The van der Waals surface area contributed by atoms with Crippen molar-refractivity contribution < 1.29 is 14.3 Å². The Morgan fingerprint density at radius 2 is 1.69 bits per heavy atom. The van der Waals surface area contributed by atoms with Crippen molar-refractivity contribution in [2.45, 2.75) is 19.4 Å². The van der Waals surface area contributed by atoms with Gasteiger partial charge in [-0.25, -0.2) is 0 Å². The highest BCUT2D eigenvalue weighted by molar-refractivity contribution is 6.00. The molecule has 0 spiro atoms. The number of piperazine rings is 1. The monoisotopic (exact) mass is 429 g/mol. The van der Waals surface area contributed by atoms with Crippen LogP contribution in [0.15, 0.2) is 73.1 Å². The first-order valence-corrected chi connectivity index (χ1v) is 10.9. The molecule has 2 amide bonds. The number of carbonyl (C=O) groups is 2. The highest BCUT2D eigenvalue weighted by atomic mass is 16.5. The lowest BCUT2D eigenvalue weighted by atomic mass is 9.98. The Labute approximate surface area is 188 Å². The van der Waals surface area contributed by atoms with Crippen LogP contribution in [0.3, 0.4) is 0 Å². The van der Waals surface area contributed by atoms with Gasteiger partial charge in [-0.1, -0.05) is 36.4 Å². The van der Waals surface area contributed by atoms with Crippen LogP contribution < -0.4 is 4.74 Å². The Bertz CT molecular complexity index is 1080. The highest BCUT2D eigenvalue weighted by Crippen LogP contribution is 2.25. The predicted molar refractivity (Wildman–Crippen MR) is 123 cm³/mol. The molecule has 1 aliphatic heterocycles. The van der Waals surface area contributed by atoms with Crippen molar-refractivity contribution in [3.05, 3.63) is 84.2 Å². The summed E-state index contributed by atoms with van der Waals surface area (Å²) in [5.74, 6) is 0.331. The molecule has 164 valence electrons. The van der Waals surface area contributed by atoms with Gasteiger partial charge >= 0.3 is 0 Å². The third kappa shape index (κ3) is 4.49. The van der Waals surface area contributed by atoms with E-state index in [0.29, 0.717) is 37.4 Å². The molecule has 0 N–H and O–H groups in total. The van der Waals surface area contributed by atoms with Gasteiger partial charge in [-0.2, -0.15) is 0 Å².